The van der Waals surface area contributed by atoms with Crippen LogP contribution in [0, 0.1) is 25.5 Å². The number of amides is 1. The van der Waals surface area contributed by atoms with E-state index in [1.165, 1.54) is 43.8 Å². The maximum absolute atomic E-state index is 13.6. The van der Waals surface area contributed by atoms with Gasteiger partial charge in [0, 0.05) is 25.5 Å². The molecule has 0 aliphatic rings. The van der Waals surface area contributed by atoms with Crippen LogP contribution in [0.5, 0.6) is 5.75 Å². The summed E-state index contributed by atoms with van der Waals surface area (Å²) in [6, 6.07) is 16.8. The van der Waals surface area contributed by atoms with E-state index in [0.29, 0.717) is 25.4 Å². The minimum absolute atomic E-state index is 0.0244. The number of aryl methyl sites for hydroxylation is 1. The molecule has 3 rings (SSSR count). The predicted octanol–water partition coefficient (Wildman–Crippen LogP) is 6.89. The third kappa shape index (κ3) is 15.2. The van der Waals surface area contributed by atoms with Gasteiger partial charge in [0.15, 0.2) is 0 Å². The molecule has 0 spiro atoms. The minimum atomic E-state index is -5.34. The Balaban J connectivity index is 0.000000860. The summed E-state index contributed by atoms with van der Waals surface area (Å²) >= 11 is 0. The molecule has 0 saturated carbocycles. The average Bonchev–Trinajstić information content (AvgIpc) is 3.04. The number of nitrogens with zero attached hydrogens (tertiary/aromatic N) is 1. The lowest BCUT2D eigenvalue weighted by Crippen LogP contribution is -2.29. The normalized spacial score (nSPS) is 10.5. The van der Waals surface area contributed by atoms with Crippen LogP contribution in [0.1, 0.15) is 59.3 Å². The van der Waals surface area contributed by atoms with Crippen molar-refractivity contribution in [2.45, 2.75) is 52.5 Å². The number of benzene rings is 3. The summed E-state index contributed by atoms with van der Waals surface area (Å²) in [5.74, 6) is -1.51. The monoisotopic (exact) mass is 691 g/mol. The summed E-state index contributed by atoms with van der Waals surface area (Å²) in [5, 5.41) is 0.789. The zero-order valence-electron chi connectivity index (χ0n) is 27.0. The molecule has 9 nitrogen and oxygen atoms in total. The molecule has 1 amide bonds. The van der Waals surface area contributed by atoms with Crippen LogP contribution in [-0.4, -0.2) is 58.4 Å². The summed E-state index contributed by atoms with van der Waals surface area (Å²) < 4.78 is 88.1. The molecule has 0 bridgehead atoms. The lowest BCUT2D eigenvalue weighted by molar-refractivity contribution is -0.161. The van der Waals surface area contributed by atoms with Crippen molar-refractivity contribution in [3.05, 3.63) is 100 Å². The third-order valence-electron chi connectivity index (χ3n) is 5.75. The van der Waals surface area contributed by atoms with Crippen molar-refractivity contribution < 1.29 is 58.5 Å². The summed E-state index contributed by atoms with van der Waals surface area (Å²) in [4.78, 5) is 38.9. The lowest BCUT2D eigenvalue weighted by atomic mass is 10.0. The molecule has 15 heteroatoms. The maximum atomic E-state index is 13.6. The van der Waals surface area contributed by atoms with Crippen LogP contribution in [0.3, 0.4) is 0 Å². The number of carbonyl (C=O) groups excluding carboxylic acids is 3. The van der Waals surface area contributed by atoms with E-state index in [0.717, 1.165) is 16.4 Å². The number of carbonyl (C=O) groups is 3. The van der Waals surface area contributed by atoms with E-state index in [4.69, 9.17) is 9.57 Å². The number of ether oxygens (including phenoxy) is 1. The summed E-state index contributed by atoms with van der Waals surface area (Å²) in [7, 11) is -1.93. The Morgan fingerprint density at radius 3 is 1.79 bits per heavy atom. The third-order valence-corrected chi connectivity index (χ3v) is 6.75. The highest BCUT2D eigenvalue weighted by Crippen LogP contribution is 2.23. The van der Waals surface area contributed by atoms with E-state index >= 15 is 0 Å². The van der Waals surface area contributed by atoms with Crippen LogP contribution in [0.25, 0.3) is 0 Å². The van der Waals surface area contributed by atoms with Gasteiger partial charge < -0.3 is 14.4 Å². The Bertz CT molecular complexity index is 1510. The van der Waals surface area contributed by atoms with Gasteiger partial charge in [-0.1, -0.05) is 43.7 Å². The first-order valence-corrected chi connectivity index (χ1v) is 15.3. The minimum Gasteiger partial charge on any atom is -0.497 e. The van der Waals surface area contributed by atoms with E-state index < -0.39 is 39.1 Å². The van der Waals surface area contributed by atoms with Crippen molar-refractivity contribution in [1.29, 1.82) is 0 Å². The Labute approximate surface area is 271 Å². The first-order chi connectivity index (χ1) is 21.9. The molecule has 0 N–H and O–H groups in total. The van der Waals surface area contributed by atoms with Gasteiger partial charge in [-0.2, -0.15) is 26.7 Å². The lowest BCUT2D eigenvalue weighted by Gasteiger charge is -2.15. The fraction of sp³-hybridized carbons (Fsp3) is 0.344. The molecule has 0 aromatic heterocycles. The van der Waals surface area contributed by atoms with Crippen molar-refractivity contribution >= 4 is 28.3 Å². The molecule has 3 aromatic rings. The van der Waals surface area contributed by atoms with Crippen LogP contribution >= 0.6 is 0 Å². The Morgan fingerprint density at radius 1 is 0.872 bits per heavy atom. The first-order valence-electron chi connectivity index (χ1n) is 13.9. The van der Waals surface area contributed by atoms with Crippen molar-refractivity contribution in [2.75, 3.05) is 21.3 Å². The highest BCUT2D eigenvalue weighted by atomic mass is 32.2. The molecule has 0 radical (unpaired) electrons. The van der Waals surface area contributed by atoms with E-state index in [9.17, 15) is 44.8 Å². The topological polar surface area (TPSA) is 116 Å². The van der Waals surface area contributed by atoms with Crippen LogP contribution in [0.15, 0.2) is 60.7 Å². The van der Waals surface area contributed by atoms with Crippen LogP contribution < -0.4 is 4.74 Å². The van der Waals surface area contributed by atoms with Gasteiger partial charge in [-0.3, -0.25) is 8.98 Å². The number of methoxy groups -OCH3 is 1. The molecule has 0 fully saturated rings. The number of aldehydes is 1. The fourth-order valence-corrected chi connectivity index (χ4v) is 3.32. The van der Waals surface area contributed by atoms with Crippen molar-refractivity contribution in [3.8, 4) is 5.75 Å². The van der Waals surface area contributed by atoms with Gasteiger partial charge in [-0.15, -0.1) is 0 Å². The fourth-order valence-electron chi connectivity index (χ4n) is 3.13. The highest BCUT2D eigenvalue weighted by Gasteiger charge is 2.46. The van der Waals surface area contributed by atoms with Gasteiger partial charge in [0.25, 0.3) is 5.91 Å². The van der Waals surface area contributed by atoms with E-state index in [-0.39, 0.29) is 24.0 Å². The first kappa shape index (κ1) is 42.6. The van der Waals surface area contributed by atoms with Crippen LogP contribution in [-0.2, 0) is 35.1 Å². The van der Waals surface area contributed by atoms with Gasteiger partial charge in [0.2, 0.25) is 0 Å². The SMILES string of the molecule is CC.COS(=O)(=O)C(F)(F)F.COc1ccc(C)cc1.Cc1c(F)cc(Cc2ccc(C(=O)ON(C)C(=O)CCC=O)cc2)cc1F. The largest absolute Gasteiger partial charge is 0.523 e. The van der Waals surface area contributed by atoms with Gasteiger partial charge in [-0.05, 0) is 67.8 Å². The molecule has 260 valence electrons. The number of hydrogen-bond acceptors (Lipinski definition) is 8. The smallest absolute Gasteiger partial charge is 0.497 e. The second-order valence-electron chi connectivity index (χ2n) is 9.12. The molecule has 47 heavy (non-hydrogen) atoms. The second kappa shape index (κ2) is 20.7. The van der Waals surface area contributed by atoms with E-state index in [1.54, 1.807) is 19.2 Å². The maximum Gasteiger partial charge on any atom is 0.523 e. The zero-order valence-corrected chi connectivity index (χ0v) is 27.8. The number of halogens is 5. The van der Waals surface area contributed by atoms with Crippen LogP contribution in [0.4, 0.5) is 22.0 Å². The van der Waals surface area contributed by atoms with Gasteiger partial charge in [0.05, 0.1) is 19.8 Å². The highest BCUT2D eigenvalue weighted by molar-refractivity contribution is 7.87. The van der Waals surface area contributed by atoms with Crippen LogP contribution in [0.2, 0.25) is 0 Å². The number of hydrogen-bond donors (Lipinski definition) is 0. The Morgan fingerprint density at radius 2 is 1.38 bits per heavy atom. The second-order valence-corrected chi connectivity index (χ2v) is 10.8. The van der Waals surface area contributed by atoms with E-state index in [2.05, 4.69) is 11.1 Å². The summed E-state index contributed by atoms with van der Waals surface area (Å²) in [6.07, 6.45) is 0.914. The molecule has 3 aromatic carbocycles. The molecule has 0 heterocycles. The van der Waals surface area contributed by atoms with Gasteiger partial charge >= 0.3 is 21.6 Å². The molecule has 0 aliphatic carbocycles. The van der Waals surface area contributed by atoms with Crippen molar-refractivity contribution in [2.24, 2.45) is 0 Å². The Kier molecular flexibility index (Phi) is 18.8. The quantitative estimate of drug-likeness (QED) is 0.0825. The number of rotatable bonds is 8. The molecule has 0 aliphatic heterocycles. The van der Waals surface area contributed by atoms with Crippen molar-refractivity contribution in [1.82, 2.24) is 5.06 Å². The molecular weight excluding hydrogens is 653 g/mol. The standard InChI is InChI=1S/C20H19F2NO4.C8H10O.C2H3F3O3S.C2H6/c1-13-17(21)11-15(12-18(13)22)10-14-5-7-16(8-6-14)20(26)27-23(2)19(25)4-3-9-24;1-7-3-5-8(9-2)6-4-7;1-8-9(6,7)2(3,4)5;1-2/h5-9,11-12H,3-4,10H2,1-2H3;3-6H,1-2H3;1H3;1-2H3. The van der Waals surface area contributed by atoms with Gasteiger partial charge in [0.1, 0.15) is 23.7 Å². The average molecular weight is 692 g/mol. The number of hydroxylamine groups is 2. The predicted molar refractivity (Wildman–Crippen MR) is 165 cm³/mol. The molecule has 0 unspecified atom stereocenters. The molecule has 0 saturated heterocycles. The number of alkyl halides is 3. The van der Waals surface area contributed by atoms with E-state index in [1.807, 2.05) is 38.1 Å². The summed E-state index contributed by atoms with van der Waals surface area (Å²) in [6.45, 7) is 7.43. The zero-order chi connectivity index (χ0) is 36.4. The Hall–Kier alpha value is -4.37. The van der Waals surface area contributed by atoms with Crippen molar-refractivity contribution in [3.63, 3.8) is 0 Å². The molecular formula is C32H38F5NO8S. The molecule has 0 atom stereocenters. The summed E-state index contributed by atoms with van der Waals surface area (Å²) in [5.41, 5.74) is -2.62. The van der Waals surface area contributed by atoms with Gasteiger partial charge in [-0.25, -0.2) is 13.6 Å².